The lowest BCUT2D eigenvalue weighted by atomic mass is 10.1. The van der Waals surface area contributed by atoms with Gasteiger partial charge in [0.2, 0.25) is 11.7 Å². The second kappa shape index (κ2) is 8.62. The standard InChI is InChI=1S/C22H20N6O2S/c1-14-7-5-8-15(2)19(14)28-20(30)16-9-3-4-10-17(16)27-21(28)25-26-22(27)31-13-18(29)24-12-6-11-23/h3-5,7-10H,6,12-13H2,1-2H3,(H,24,29). The molecule has 0 aliphatic rings. The molecule has 0 saturated heterocycles. The van der Waals surface area contributed by atoms with Crippen LogP contribution in [-0.2, 0) is 4.79 Å². The molecule has 0 atom stereocenters. The normalized spacial score (nSPS) is 11.0. The predicted octanol–water partition coefficient (Wildman–Crippen LogP) is 2.77. The molecule has 0 bridgehead atoms. The zero-order valence-corrected chi connectivity index (χ0v) is 17.9. The third-order valence-corrected chi connectivity index (χ3v) is 5.88. The van der Waals surface area contributed by atoms with Crippen molar-refractivity contribution >= 4 is 34.3 Å². The summed E-state index contributed by atoms with van der Waals surface area (Å²) in [4.78, 5) is 25.5. The van der Waals surface area contributed by atoms with Gasteiger partial charge in [-0.05, 0) is 37.1 Å². The first kappa shape index (κ1) is 20.6. The number of amides is 1. The summed E-state index contributed by atoms with van der Waals surface area (Å²) in [5, 5.41) is 21.0. The van der Waals surface area contributed by atoms with Gasteiger partial charge in [-0.2, -0.15) is 5.26 Å². The SMILES string of the molecule is Cc1cccc(C)c1-n1c(=O)c2ccccc2n2c(SCC(=O)NCCC#N)nnc12. The number of thioether (sulfide) groups is 1. The summed E-state index contributed by atoms with van der Waals surface area (Å²) < 4.78 is 3.41. The highest BCUT2D eigenvalue weighted by Gasteiger charge is 2.20. The number of hydrogen-bond acceptors (Lipinski definition) is 6. The molecule has 2 heterocycles. The Morgan fingerprint density at radius 3 is 2.61 bits per heavy atom. The van der Waals surface area contributed by atoms with Crippen molar-refractivity contribution in [3.05, 3.63) is 63.9 Å². The van der Waals surface area contributed by atoms with Crippen LogP contribution in [0.2, 0.25) is 0 Å². The molecule has 0 aliphatic heterocycles. The molecule has 31 heavy (non-hydrogen) atoms. The zero-order valence-electron chi connectivity index (χ0n) is 17.1. The number of hydrogen-bond donors (Lipinski definition) is 1. The molecule has 0 aliphatic carbocycles. The third kappa shape index (κ3) is 3.78. The summed E-state index contributed by atoms with van der Waals surface area (Å²) >= 11 is 1.23. The first-order valence-electron chi connectivity index (χ1n) is 9.75. The van der Waals surface area contributed by atoms with Gasteiger partial charge < -0.3 is 5.32 Å². The maximum atomic E-state index is 13.5. The number of rotatable bonds is 6. The highest BCUT2D eigenvalue weighted by molar-refractivity contribution is 7.99. The van der Waals surface area contributed by atoms with E-state index < -0.39 is 0 Å². The molecule has 1 amide bonds. The molecular formula is C22H20N6O2S. The van der Waals surface area contributed by atoms with Gasteiger partial charge >= 0.3 is 0 Å². The molecule has 8 nitrogen and oxygen atoms in total. The summed E-state index contributed by atoms with van der Waals surface area (Å²) in [6, 6.07) is 15.2. The number of para-hydroxylation sites is 2. The zero-order chi connectivity index (χ0) is 22.0. The first-order chi connectivity index (χ1) is 15.0. The van der Waals surface area contributed by atoms with Crippen molar-refractivity contribution in [2.45, 2.75) is 25.4 Å². The number of carbonyl (C=O) groups excluding carboxylic acids is 1. The minimum absolute atomic E-state index is 0.128. The van der Waals surface area contributed by atoms with Gasteiger partial charge in [-0.15, -0.1) is 10.2 Å². The lowest BCUT2D eigenvalue weighted by molar-refractivity contribution is -0.118. The van der Waals surface area contributed by atoms with Crippen molar-refractivity contribution in [1.82, 2.24) is 24.5 Å². The topological polar surface area (TPSA) is 105 Å². The number of nitriles is 1. The van der Waals surface area contributed by atoms with Gasteiger partial charge in [-0.1, -0.05) is 42.1 Å². The van der Waals surface area contributed by atoms with Crippen LogP contribution >= 0.6 is 11.8 Å². The van der Waals surface area contributed by atoms with Crippen LogP contribution in [0, 0.1) is 25.2 Å². The number of fused-ring (bicyclic) bond motifs is 3. The minimum atomic E-state index is -0.190. The number of aromatic nitrogens is 4. The average Bonchev–Trinajstić information content (AvgIpc) is 3.18. The molecule has 156 valence electrons. The summed E-state index contributed by atoms with van der Waals surface area (Å²) in [5.41, 5.74) is 3.20. The molecule has 0 spiro atoms. The van der Waals surface area contributed by atoms with Crippen LogP contribution in [0.5, 0.6) is 0 Å². The Morgan fingerprint density at radius 2 is 1.87 bits per heavy atom. The number of carbonyl (C=O) groups is 1. The summed E-state index contributed by atoms with van der Waals surface area (Å²) in [5.74, 6) is 0.334. The van der Waals surface area contributed by atoms with E-state index >= 15 is 0 Å². The molecule has 4 aromatic rings. The monoisotopic (exact) mass is 432 g/mol. The third-order valence-electron chi connectivity index (χ3n) is 4.95. The van der Waals surface area contributed by atoms with Gasteiger partial charge in [0, 0.05) is 6.54 Å². The average molecular weight is 433 g/mol. The fraction of sp³-hybridized carbons (Fsp3) is 0.227. The Hall–Kier alpha value is -3.64. The molecule has 0 saturated carbocycles. The molecular weight excluding hydrogens is 412 g/mol. The summed E-state index contributed by atoms with van der Waals surface area (Å²) in [6.45, 7) is 4.22. The number of aryl methyl sites for hydroxylation is 2. The van der Waals surface area contributed by atoms with Crippen molar-refractivity contribution < 1.29 is 4.79 Å². The molecule has 9 heteroatoms. The highest BCUT2D eigenvalue weighted by atomic mass is 32.2. The second-order valence-corrected chi connectivity index (χ2v) is 8.01. The highest BCUT2D eigenvalue weighted by Crippen LogP contribution is 2.25. The van der Waals surface area contributed by atoms with E-state index in [0.717, 1.165) is 16.8 Å². The van der Waals surface area contributed by atoms with Crippen LogP contribution in [-0.4, -0.2) is 37.4 Å². The van der Waals surface area contributed by atoms with Crippen LogP contribution in [0.1, 0.15) is 17.5 Å². The molecule has 0 radical (unpaired) electrons. The quantitative estimate of drug-likeness (QED) is 0.371. The summed E-state index contributed by atoms with van der Waals surface area (Å²) in [7, 11) is 0. The van der Waals surface area contributed by atoms with Gasteiger partial charge in [-0.25, -0.2) is 4.57 Å². The van der Waals surface area contributed by atoms with Gasteiger partial charge in [0.1, 0.15) is 0 Å². The fourth-order valence-corrected chi connectivity index (χ4v) is 4.34. The molecule has 0 unspecified atom stereocenters. The van der Waals surface area contributed by atoms with Crippen molar-refractivity contribution in [3.8, 4) is 11.8 Å². The fourth-order valence-electron chi connectivity index (χ4n) is 3.57. The van der Waals surface area contributed by atoms with Crippen LogP contribution in [0.4, 0.5) is 0 Å². The van der Waals surface area contributed by atoms with Crippen molar-refractivity contribution in [3.63, 3.8) is 0 Å². The maximum Gasteiger partial charge on any atom is 0.267 e. The van der Waals surface area contributed by atoms with E-state index in [1.54, 1.807) is 10.6 Å². The van der Waals surface area contributed by atoms with Gasteiger partial charge in [0.15, 0.2) is 5.16 Å². The lowest BCUT2D eigenvalue weighted by Gasteiger charge is -2.15. The number of benzene rings is 2. The van der Waals surface area contributed by atoms with Crippen LogP contribution in [0.25, 0.3) is 22.4 Å². The van der Waals surface area contributed by atoms with E-state index in [9.17, 15) is 9.59 Å². The van der Waals surface area contributed by atoms with Gasteiger partial charge in [0.25, 0.3) is 5.56 Å². The maximum absolute atomic E-state index is 13.5. The molecule has 4 rings (SSSR count). The van der Waals surface area contributed by atoms with Crippen molar-refractivity contribution in [2.24, 2.45) is 0 Å². The van der Waals surface area contributed by atoms with E-state index in [4.69, 9.17) is 5.26 Å². The Kier molecular flexibility index (Phi) is 5.73. The summed E-state index contributed by atoms with van der Waals surface area (Å²) in [6.07, 6.45) is 0.261. The Bertz CT molecular complexity index is 1380. The van der Waals surface area contributed by atoms with Crippen molar-refractivity contribution in [2.75, 3.05) is 12.3 Å². The lowest BCUT2D eigenvalue weighted by Crippen LogP contribution is -2.26. The van der Waals surface area contributed by atoms with E-state index in [-0.39, 0.29) is 23.6 Å². The van der Waals surface area contributed by atoms with E-state index in [0.29, 0.717) is 28.4 Å². The van der Waals surface area contributed by atoms with E-state index in [1.807, 2.05) is 60.7 Å². The van der Waals surface area contributed by atoms with Crippen molar-refractivity contribution in [1.29, 1.82) is 5.26 Å². The minimum Gasteiger partial charge on any atom is -0.354 e. The number of nitrogens with one attached hydrogen (secondary N) is 1. The largest absolute Gasteiger partial charge is 0.354 e. The van der Waals surface area contributed by atoms with Crippen LogP contribution in [0.3, 0.4) is 0 Å². The van der Waals surface area contributed by atoms with Crippen LogP contribution < -0.4 is 10.9 Å². The predicted molar refractivity (Wildman–Crippen MR) is 120 cm³/mol. The molecule has 2 aromatic carbocycles. The smallest absolute Gasteiger partial charge is 0.267 e. The number of nitrogens with zero attached hydrogens (tertiary/aromatic N) is 5. The Labute approximate surface area is 182 Å². The second-order valence-electron chi connectivity index (χ2n) is 7.06. The van der Waals surface area contributed by atoms with E-state index in [1.165, 1.54) is 11.8 Å². The Morgan fingerprint density at radius 1 is 1.13 bits per heavy atom. The van der Waals surface area contributed by atoms with Gasteiger partial charge in [-0.3, -0.25) is 14.0 Å². The van der Waals surface area contributed by atoms with Crippen LogP contribution in [0.15, 0.2) is 52.4 Å². The molecule has 0 fully saturated rings. The molecule has 1 N–H and O–H groups in total. The first-order valence-corrected chi connectivity index (χ1v) is 10.7. The molecule has 2 aromatic heterocycles. The van der Waals surface area contributed by atoms with E-state index in [2.05, 4.69) is 15.5 Å². The Balaban J connectivity index is 1.87. The van der Waals surface area contributed by atoms with Gasteiger partial charge in [0.05, 0.1) is 34.8 Å².